The molecule has 1 rings (SSSR count). The molecule has 0 radical (unpaired) electrons. The van der Waals surface area contributed by atoms with Gasteiger partial charge in [0.05, 0.1) is 0 Å². The molecule has 0 saturated heterocycles. The summed E-state index contributed by atoms with van der Waals surface area (Å²) < 4.78 is 22.7. The van der Waals surface area contributed by atoms with Gasteiger partial charge in [-0.2, -0.15) is 14.0 Å². The Morgan fingerprint density at radius 3 is 2.55 bits per heavy atom. The van der Waals surface area contributed by atoms with Crippen molar-refractivity contribution in [3.63, 3.8) is 0 Å². The molecule has 2 N–H and O–H groups in total. The summed E-state index contributed by atoms with van der Waals surface area (Å²) in [5.41, 5.74) is 2.57. The smallest absolute Gasteiger partial charge is 0.283 e. The zero-order valence-electron chi connectivity index (χ0n) is 6.28. The maximum absolute atomic E-state index is 10.1. The first-order chi connectivity index (χ1) is 5.29. The topological polar surface area (TPSA) is 58.6 Å². The van der Waals surface area contributed by atoms with E-state index in [4.69, 9.17) is 4.55 Å². The highest BCUT2D eigenvalue weighted by molar-refractivity contribution is 7.74. The molecular formula is C6H13NO3S. The monoisotopic (exact) mass is 179 g/mol. The third kappa shape index (κ3) is 3.81. The van der Waals surface area contributed by atoms with Crippen LogP contribution in [0.15, 0.2) is 0 Å². The largest absolute Gasteiger partial charge is 0.319 e. The number of nitrogens with one attached hydrogen (secondary N) is 1. The Morgan fingerprint density at radius 2 is 2.00 bits per heavy atom. The van der Waals surface area contributed by atoms with E-state index < -0.39 is 11.4 Å². The minimum absolute atomic E-state index is 0.264. The van der Waals surface area contributed by atoms with Crippen molar-refractivity contribution < 1.29 is 13.0 Å². The second-order valence-corrected chi connectivity index (χ2v) is 3.35. The first-order valence-electron chi connectivity index (χ1n) is 3.83. The van der Waals surface area contributed by atoms with E-state index in [1.807, 2.05) is 0 Å². The number of hydrogen-bond acceptors (Lipinski definition) is 3. The van der Waals surface area contributed by atoms with Crippen LogP contribution in [0.3, 0.4) is 0 Å². The predicted molar refractivity (Wildman–Crippen MR) is 41.9 cm³/mol. The minimum atomic E-state index is -2.18. The molecule has 0 spiro atoms. The van der Waals surface area contributed by atoms with Gasteiger partial charge in [-0.3, -0.25) is 4.55 Å². The fourth-order valence-electron chi connectivity index (χ4n) is 1.33. The molecule has 1 aliphatic rings. The van der Waals surface area contributed by atoms with Gasteiger partial charge in [0.2, 0.25) is 0 Å². The lowest BCUT2D eigenvalue weighted by Gasteiger charge is -2.20. The van der Waals surface area contributed by atoms with Gasteiger partial charge in [0, 0.05) is 6.04 Å². The molecule has 66 valence electrons. The normalized spacial score (nSPS) is 23.4. The summed E-state index contributed by atoms with van der Waals surface area (Å²) in [5.74, 6) is 0. The fourth-order valence-corrected chi connectivity index (χ4v) is 1.55. The van der Waals surface area contributed by atoms with E-state index >= 15 is 0 Å². The SMILES string of the molecule is O=S(O)ONC1CCCCC1. The van der Waals surface area contributed by atoms with Gasteiger partial charge >= 0.3 is 11.4 Å². The molecule has 0 aromatic heterocycles. The van der Waals surface area contributed by atoms with Crippen LogP contribution in [0.25, 0.3) is 0 Å². The van der Waals surface area contributed by atoms with E-state index in [1.165, 1.54) is 19.3 Å². The van der Waals surface area contributed by atoms with Crippen molar-refractivity contribution in [3.05, 3.63) is 0 Å². The van der Waals surface area contributed by atoms with Crippen molar-refractivity contribution in [2.24, 2.45) is 0 Å². The Balaban J connectivity index is 2.09. The molecule has 1 fully saturated rings. The summed E-state index contributed by atoms with van der Waals surface area (Å²) in [5, 5.41) is 0. The highest BCUT2D eigenvalue weighted by Gasteiger charge is 2.13. The molecule has 4 nitrogen and oxygen atoms in total. The van der Waals surface area contributed by atoms with E-state index in [0.29, 0.717) is 0 Å². The molecule has 0 aromatic carbocycles. The highest BCUT2D eigenvalue weighted by Crippen LogP contribution is 2.17. The van der Waals surface area contributed by atoms with Gasteiger partial charge in [0.25, 0.3) is 0 Å². The molecule has 1 atom stereocenters. The molecule has 5 heteroatoms. The lowest BCUT2D eigenvalue weighted by atomic mass is 9.96. The van der Waals surface area contributed by atoms with Crippen molar-refractivity contribution in [1.29, 1.82) is 0 Å². The van der Waals surface area contributed by atoms with Crippen molar-refractivity contribution in [2.75, 3.05) is 0 Å². The molecule has 1 unspecified atom stereocenters. The summed E-state index contributed by atoms with van der Waals surface area (Å²) in [7, 11) is 0. The van der Waals surface area contributed by atoms with Gasteiger partial charge in [0.15, 0.2) is 0 Å². The summed E-state index contributed by atoms with van der Waals surface area (Å²) in [4.78, 5) is 0. The first-order valence-corrected chi connectivity index (χ1v) is 4.86. The van der Waals surface area contributed by atoms with Crippen LogP contribution in [0.2, 0.25) is 0 Å². The van der Waals surface area contributed by atoms with E-state index in [-0.39, 0.29) is 6.04 Å². The van der Waals surface area contributed by atoms with Gasteiger partial charge in [-0.25, -0.2) is 0 Å². The lowest BCUT2D eigenvalue weighted by molar-refractivity contribution is 0.137. The fraction of sp³-hybridized carbons (Fsp3) is 1.00. The van der Waals surface area contributed by atoms with Crippen LogP contribution in [-0.2, 0) is 15.6 Å². The third-order valence-corrected chi connectivity index (χ3v) is 2.13. The predicted octanol–water partition coefficient (Wildman–Crippen LogP) is 0.977. The molecule has 0 aliphatic heterocycles. The summed E-state index contributed by atoms with van der Waals surface area (Å²) >= 11 is -2.18. The van der Waals surface area contributed by atoms with Crippen molar-refractivity contribution >= 4 is 11.4 Å². The van der Waals surface area contributed by atoms with Crippen LogP contribution < -0.4 is 5.48 Å². The van der Waals surface area contributed by atoms with Crippen LogP contribution in [-0.4, -0.2) is 14.8 Å². The van der Waals surface area contributed by atoms with Gasteiger partial charge in [-0.05, 0) is 12.8 Å². The minimum Gasteiger partial charge on any atom is -0.283 e. The molecule has 0 heterocycles. The summed E-state index contributed by atoms with van der Waals surface area (Å²) in [6.07, 6.45) is 5.70. The molecule has 0 amide bonds. The van der Waals surface area contributed by atoms with E-state index in [9.17, 15) is 4.21 Å². The lowest BCUT2D eigenvalue weighted by Crippen LogP contribution is -2.31. The number of rotatable bonds is 3. The van der Waals surface area contributed by atoms with Gasteiger partial charge in [-0.1, -0.05) is 19.3 Å². The highest BCUT2D eigenvalue weighted by atomic mass is 32.2. The first kappa shape index (κ1) is 9.12. The summed E-state index contributed by atoms with van der Waals surface area (Å²) in [6, 6.07) is 0.264. The van der Waals surface area contributed by atoms with Gasteiger partial charge < -0.3 is 0 Å². The zero-order valence-corrected chi connectivity index (χ0v) is 7.10. The maximum atomic E-state index is 10.1. The number of hydroxylamine groups is 1. The van der Waals surface area contributed by atoms with Gasteiger partial charge in [-0.15, -0.1) is 0 Å². The third-order valence-electron chi connectivity index (χ3n) is 1.89. The van der Waals surface area contributed by atoms with Crippen LogP contribution in [0, 0.1) is 0 Å². The maximum Gasteiger partial charge on any atom is 0.319 e. The Kier molecular flexibility index (Phi) is 3.99. The van der Waals surface area contributed by atoms with E-state index in [0.717, 1.165) is 12.8 Å². The van der Waals surface area contributed by atoms with Crippen molar-refractivity contribution in [2.45, 2.75) is 38.1 Å². The Hall–Kier alpha value is 0.0300. The van der Waals surface area contributed by atoms with Crippen LogP contribution in [0.5, 0.6) is 0 Å². The zero-order chi connectivity index (χ0) is 8.10. The second kappa shape index (κ2) is 4.82. The molecule has 11 heavy (non-hydrogen) atoms. The molecule has 1 saturated carbocycles. The quantitative estimate of drug-likeness (QED) is 0.501. The summed E-state index contributed by atoms with van der Waals surface area (Å²) in [6.45, 7) is 0. The van der Waals surface area contributed by atoms with E-state index in [2.05, 4.69) is 9.76 Å². The Labute approximate surface area is 68.8 Å². The van der Waals surface area contributed by atoms with Crippen molar-refractivity contribution in [3.8, 4) is 0 Å². The van der Waals surface area contributed by atoms with Crippen LogP contribution in [0.4, 0.5) is 0 Å². The van der Waals surface area contributed by atoms with Crippen LogP contribution >= 0.6 is 0 Å². The Morgan fingerprint density at radius 1 is 1.36 bits per heavy atom. The second-order valence-electron chi connectivity index (χ2n) is 2.75. The molecule has 1 aliphatic carbocycles. The molecular weight excluding hydrogens is 166 g/mol. The average molecular weight is 179 g/mol. The van der Waals surface area contributed by atoms with Gasteiger partial charge in [0.1, 0.15) is 0 Å². The number of hydrogen-bond donors (Lipinski definition) is 2. The standard InChI is InChI=1S/C6H13NO3S/c8-11(9)10-7-6-4-2-1-3-5-6/h6-7H,1-5H2,(H,8,9). The molecule has 0 aromatic rings. The molecule has 0 bridgehead atoms. The van der Waals surface area contributed by atoms with E-state index in [1.54, 1.807) is 0 Å². The Bertz CT molecular complexity index is 136. The van der Waals surface area contributed by atoms with Crippen LogP contribution in [0.1, 0.15) is 32.1 Å². The average Bonchev–Trinajstić information content (AvgIpc) is 2.03. The van der Waals surface area contributed by atoms with Crippen molar-refractivity contribution in [1.82, 2.24) is 5.48 Å².